The van der Waals surface area contributed by atoms with Gasteiger partial charge in [0.2, 0.25) is 11.8 Å². The first kappa shape index (κ1) is 14.6. The van der Waals surface area contributed by atoms with Crippen molar-refractivity contribution >= 4 is 11.8 Å². The Bertz CT molecular complexity index is 472. The Labute approximate surface area is 120 Å². The molecule has 0 spiro atoms. The van der Waals surface area contributed by atoms with Crippen molar-refractivity contribution in [2.24, 2.45) is 5.92 Å². The maximum atomic E-state index is 12.3. The summed E-state index contributed by atoms with van der Waals surface area (Å²) in [5, 5.41) is 2.76. The van der Waals surface area contributed by atoms with E-state index in [2.05, 4.69) is 36.5 Å². The van der Waals surface area contributed by atoms with E-state index in [0.717, 1.165) is 12.0 Å². The van der Waals surface area contributed by atoms with Crippen molar-refractivity contribution in [3.8, 4) is 0 Å². The highest BCUT2D eigenvalue weighted by atomic mass is 16.2. The minimum atomic E-state index is -0.0763. The fourth-order valence-electron chi connectivity index (χ4n) is 2.49. The predicted molar refractivity (Wildman–Crippen MR) is 78.0 cm³/mol. The largest absolute Gasteiger partial charge is 0.355 e. The van der Waals surface area contributed by atoms with Crippen LogP contribution in [0.5, 0.6) is 0 Å². The Morgan fingerprint density at radius 1 is 1.30 bits per heavy atom. The van der Waals surface area contributed by atoms with Crippen molar-refractivity contribution in [3.63, 3.8) is 0 Å². The molecule has 2 rings (SSSR count). The number of benzene rings is 1. The Balaban J connectivity index is 1.91. The third-order valence-corrected chi connectivity index (χ3v) is 3.84. The molecule has 4 heteroatoms. The molecular formula is C16H22N2O2. The molecule has 1 aromatic rings. The van der Waals surface area contributed by atoms with Crippen LogP contribution in [0.4, 0.5) is 0 Å². The van der Waals surface area contributed by atoms with E-state index in [-0.39, 0.29) is 17.7 Å². The third-order valence-electron chi connectivity index (χ3n) is 3.84. The number of nitrogens with zero attached hydrogens (tertiary/aromatic N) is 1. The van der Waals surface area contributed by atoms with Crippen molar-refractivity contribution in [1.82, 2.24) is 10.2 Å². The van der Waals surface area contributed by atoms with E-state index in [9.17, 15) is 9.59 Å². The van der Waals surface area contributed by atoms with Crippen LogP contribution in [0.2, 0.25) is 0 Å². The third kappa shape index (κ3) is 3.59. The lowest BCUT2D eigenvalue weighted by Gasteiger charge is -2.26. The molecule has 4 nitrogen and oxygen atoms in total. The molecule has 1 atom stereocenters. The smallest absolute Gasteiger partial charge is 0.227 e. The number of piperidine rings is 1. The first-order valence-corrected chi connectivity index (χ1v) is 7.19. The van der Waals surface area contributed by atoms with Crippen molar-refractivity contribution in [1.29, 1.82) is 0 Å². The monoisotopic (exact) mass is 274 g/mol. The Morgan fingerprint density at radius 2 is 1.95 bits per heavy atom. The highest BCUT2D eigenvalue weighted by Crippen LogP contribution is 2.15. The van der Waals surface area contributed by atoms with Crippen molar-refractivity contribution in [2.75, 3.05) is 13.6 Å². The van der Waals surface area contributed by atoms with Gasteiger partial charge in [-0.3, -0.25) is 9.59 Å². The van der Waals surface area contributed by atoms with Crippen molar-refractivity contribution < 1.29 is 9.59 Å². The fraction of sp³-hybridized carbons (Fsp3) is 0.500. The van der Waals surface area contributed by atoms with Crippen LogP contribution in [0.3, 0.4) is 0 Å². The summed E-state index contributed by atoms with van der Waals surface area (Å²) < 4.78 is 0. The topological polar surface area (TPSA) is 49.4 Å². The quantitative estimate of drug-likeness (QED) is 0.909. The van der Waals surface area contributed by atoms with Crippen LogP contribution < -0.4 is 5.32 Å². The summed E-state index contributed by atoms with van der Waals surface area (Å²) in [7, 11) is 1.83. The standard InChI is InChI=1S/C16H22N2O2/c1-3-12-4-6-13(7-5-12)11-18(2)16(20)14-8-9-15(19)17-10-14/h4-7,14H,3,8-11H2,1-2H3,(H,17,19). The second kappa shape index (κ2) is 6.55. The lowest BCUT2D eigenvalue weighted by Crippen LogP contribution is -2.43. The van der Waals surface area contributed by atoms with E-state index in [1.807, 2.05) is 7.05 Å². The van der Waals surface area contributed by atoms with Gasteiger partial charge in [0.15, 0.2) is 0 Å². The van der Waals surface area contributed by atoms with Gasteiger partial charge in [-0.2, -0.15) is 0 Å². The van der Waals surface area contributed by atoms with Gasteiger partial charge in [0.05, 0.1) is 5.92 Å². The molecule has 1 heterocycles. The van der Waals surface area contributed by atoms with E-state index in [4.69, 9.17) is 0 Å². The number of aryl methyl sites for hydroxylation is 1. The van der Waals surface area contributed by atoms with Gasteiger partial charge in [-0.1, -0.05) is 31.2 Å². The summed E-state index contributed by atoms with van der Waals surface area (Å²) >= 11 is 0. The van der Waals surface area contributed by atoms with Gasteiger partial charge in [0.1, 0.15) is 0 Å². The van der Waals surface area contributed by atoms with Crippen molar-refractivity contribution in [2.45, 2.75) is 32.7 Å². The molecule has 0 aromatic heterocycles. The lowest BCUT2D eigenvalue weighted by atomic mass is 9.97. The van der Waals surface area contributed by atoms with Gasteiger partial charge < -0.3 is 10.2 Å². The van der Waals surface area contributed by atoms with Crippen LogP contribution in [0, 0.1) is 5.92 Å². The number of amides is 2. The molecule has 0 bridgehead atoms. The summed E-state index contributed by atoms with van der Waals surface area (Å²) in [5.74, 6) is 0.0871. The summed E-state index contributed by atoms with van der Waals surface area (Å²) in [6.07, 6.45) is 2.13. The maximum Gasteiger partial charge on any atom is 0.227 e. The maximum absolute atomic E-state index is 12.3. The van der Waals surface area contributed by atoms with Crippen molar-refractivity contribution in [3.05, 3.63) is 35.4 Å². The Morgan fingerprint density at radius 3 is 2.50 bits per heavy atom. The molecule has 1 aromatic carbocycles. The van der Waals surface area contributed by atoms with Gasteiger partial charge >= 0.3 is 0 Å². The average Bonchev–Trinajstić information content (AvgIpc) is 2.48. The summed E-state index contributed by atoms with van der Waals surface area (Å²) in [6.45, 7) is 3.21. The van der Waals surface area contributed by atoms with E-state index in [0.29, 0.717) is 25.9 Å². The number of carbonyl (C=O) groups excluding carboxylic acids is 2. The molecule has 2 amide bonds. The molecule has 1 unspecified atom stereocenters. The molecule has 1 aliphatic rings. The first-order chi connectivity index (χ1) is 9.60. The number of hydrogen-bond acceptors (Lipinski definition) is 2. The lowest BCUT2D eigenvalue weighted by molar-refractivity contribution is -0.136. The van der Waals surface area contributed by atoms with Crippen LogP contribution in [0.25, 0.3) is 0 Å². The van der Waals surface area contributed by atoms with Crippen LogP contribution in [-0.4, -0.2) is 30.3 Å². The van der Waals surface area contributed by atoms with E-state index in [1.165, 1.54) is 5.56 Å². The van der Waals surface area contributed by atoms with Gasteiger partial charge in [-0.25, -0.2) is 0 Å². The van der Waals surface area contributed by atoms with Crippen LogP contribution in [-0.2, 0) is 22.6 Å². The molecule has 1 N–H and O–H groups in total. The van der Waals surface area contributed by atoms with Crippen LogP contribution in [0.1, 0.15) is 30.9 Å². The first-order valence-electron chi connectivity index (χ1n) is 7.19. The Kier molecular flexibility index (Phi) is 4.77. The van der Waals surface area contributed by atoms with E-state index in [1.54, 1.807) is 4.90 Å². The number of carbonyl (C=O) groups is 2. The second-order valence-electron chi connectivity index (χ2n) is 5.40. The SMILES string of the molecule is CCc1ccc(CN(C)C(=O)C2CCC(=O)NC2)cc1. The normalized spacial score (nSPS) is 18.5. The fourth-order valence-corrected chi connectivity index (χ4v) is 2.49. The molecule has 0 saturated carbocycles. The summed E-state index contributed by atoms with van der Waals surface area (Å²) in [6, 6.07) is 8.36. The highest BCUT2D eigenvalue weighted by Gasteiger charge is 2.26. The van der Waals surface area contributed by atoms with Gasteiger partial charge in [0.25, 0.3) is 0 Å². The molecule has 20 heavy (non-hydrogen) atoms. The number of nitrogens with one attached hydrogen (secondary N) is 1. The van der Waals surface area contributed by atoms with Crippen LogP contribution >= 0.6 is 0 Å². The minimum absolute atomic E-state index is 0.0480. The minimum Gasteiger partial charge on any atom is -0.355 e. The number of rotatable bonds is 4. The van der Waals surface area contributed by atoms with E-state index < -0.39 is 0 Å². The molecule has 1 fully saturated rings. The molecule has 1 saturated heterocycles. The number of hydrogen-bond donors (Lipinski definition) is 1. The van der Waals surface area contributed by atoms with Gasteiger partial charge in [0, 0.05) is 26.6 Å². The van der Waals surface area contributed by atoms with E-state index >= 15 is 0 Å². The average molecular weight is 274 g/mol. The molecule has 1 aliphatic heterocycles. The zero-order valence-corrected chi connectivity index (χ0v) is 12.2. The predicted octanol–water partition coefficient (Wildman–Crippen LogP) is 1.73. The zero-order chi connectivity index (χ0) is 14.5. The summed E-state index contributed by atoms with van der Waals surface area (Å²) in [4.78, 5) is 25.2. The second-order valence-corrected chi connectivity index (χ2v) is 5.40. The zero-order valence-electron chi connectivity index (χ0n) is 12.2. The molecular weight excluding hydrogens is 252 g/mol. The highest BCUT2D eigenvalue weighted by molar-refractivity contribution is 5.83. The molecule has 108 valence electrons. The Hall–Kier alpha value is -1.84. The van der Waals surface area contributed by atoms with Crippen LogP contribution in [0.15, 0.2) is 24.3 Å². The molecule has 0 aliphatic carbocycles. The molecule has 0 radical (unpaired) electrons. The van der Waals surface area contributed by atoms with Gasteiger partial charge in [-0.05, 0) is 24.0 Å². The van der Waals surface area contributed by atoms with Gasteiger partial charge in [-0.15, -0.1) is 0 Å². The summed E-state index contributed by atoms with van der Waals surface area (Å²) in [5.41, 5.74) is 2.44.